The molecule has 2 rings (SSSR count). The number of halogens is 2. The van der Waals surface area contributed by atoms with Gasteiger partial charge in [-0.15, -0.1) is 0 Å². The normalized spacial score (nSPS) is 10.1. The maximum absolute atomic E-state index is 5.94. The van der Waals surface area contributed by atoms with Gasteiger partial charge in [0.25, 0.3) is 0 Å². The summed E-state index contributed by atoms with van der Waals surface area (Å²) in [4.78, 5) is 0. The maximum atomic E-state index is 5.94. The van der Waals surface area contributed by atoms with Crippen molar-refractivity contribution in [3.63, 3.8) is 0 Å². The van der Waals surface area contributed by atoms with E-state index in [1.165, 1.54) is 5.56 Å². The highest BCUT2D eigenvalue weighted by Gasteiger charge is 2.01. The van der Waals surface area contributed by atoms with Crippen LogP contribution in [-0.4, -0.2) is 18.8 Å². The number of benzene rings is 2. The van der Waals surface area contributed by atoms with Gasteiger partial charge in [-0.05, 0) is 54.5 Å². The number of thiocarbonyl (C=S) groups is 1. The van der Waals surface area contributed by atoms with Gasteiger partial charge >= 0.3 is 0 Å². The van der Waals surface area contributed by atoms with E-state index in [2.05, 4.69) is 10.6 Å². The summed E-state index contributed by atoms with van der Waals surface area (Å²) in [6.07, 6.45) is 0.863. The lowest BCUT2D eigenvalue weighted by Crippen LogP contribution is -2.30. The maximum Gasteiger partial charge on any atom is 0.170 e. The van der Waals surface area contributed by atoms with Crippen molar-refractivity contribution in [1.82, 2.24) is 5.32 Å². The molecular weight excluding hydrogens is 339 g/mol. The number of ether oxygens (including phenoxy) is 1. The molecule has 0 unspecified atom stereocenters. The molecule has 0 spiro atoms. The molecule has 2 N–H and O–H groups in total. The molecule has 0 fully saturated rings. The van der Waals surface area contributed by atoms with Crippen molar-refractivity contribution in [2.45, 2.75) is 6.42 Å². The highest BCUT2D eigenvalue weighted by atomic mass is 35.5. The van der Waals surface area contributed by atoms with Crippen molar-refractivity contribution in [2.24, 2.45) is 0 Å². The quantitative estimate of drug-likeness (QED) is 0.772. The van der Waals surface area contributed by atoms with E-state index >= 15 is 0 Å². The summed E-state index contributed by atoms with van der Waals surface area (Å²) in [5.41, 5.74) is 1.97. The highest BCUT2D eigenvalue weighted by Crippen LogP contribution is 2.22. The number of anilines is 1. The Labute approximate surface area is 145 Å². The fourth-order valence-corrected chi connectivity index (χ4v) is 2.66. The van der Waals surface area contributed by atoms with E-state index in [1.54, 1.807) is 25.3 Å². The Morgan fingerprint density at radius 3 is 2.32 bits per heavy atom. The average molecular weight is 355 g/mol. The van der Waals surface area contributed by atoms with Gasteiger partial charge in [0, 0.05) is 22.3 Å². The second-order valence-corrected chi connectivity index (χ2v) is 5.92. The van der Waals surface area contributed by atoms with Crippen LogP contribution in [0.15, 0.2) is 42.5 Å². The van der Waals surface area contributed by atoms with E-state index in [0.717, 1.165) is 24.4 Å². The van der Waals surface area contributed by atoms with E-state index in [4.69, 9.17) is 40.2 Å². The third kappa shape index (κ3) is 5.37. The number of hydrogen-bond acceptors (Lipinski definition) is 2. The van der Waals surface area contributed by atoms with Crippen LogP contribution >= 0.6 is 35.4 Å². The molecule has 0 amide bonds. The molecule has 0 saturated heterocycles. The molecule has 0 atom stereocenters. The zero-order valence-corrected chi connectivity index (χ0v) is 14.4. The summed E-state index contributed by atoms with van der Waals surface area (Å²) >= 11 is 17.1. The molecule has 2 aromatic rings. The highest BCUT2D eigenvalue weighted by molar-refractivity contribution is 7.80. The first kappa shape index (κ1) is 16.9. The predicted octanol–water partition coefficient (Wildman–Crippen LogP) is 4.53. The molecule has 22 heavy (non-hydrogen) atoms. The topological polar surface area (TPSA) is 33.3 Å². The van der Waals surface area contributed by atoms with Gasteiger partial charge in [0.2, 0.25) is 0 Å². The van der Waals surface area contributed by atoms with Crippen molar-refractivity contribution >= 4 is 46.2 Å². The standard InChI is InChI=1S/C16H16Cl2N2OS/c1-21-15-4-2-11(3-5-15)6-7-19-16(22)20-14-9-12(17)8-13(18)10-14/h2-5,8-10H,6-7H2,1H3,(H2,19,20,22). The van der Waals surface area contributed by atoms with Crippen LogP contribution in [0.2, 0.25) is 10.0 Å². The van der Waals surface area contributed by atoms with Crippen LogP contribution in [0.4, 0.5) is 5.69 Å². The van der Waals surface area contributed by atoms with Crippen LogP contribution in [0.5, 0.6) is 5.75 Å². The van der Waals surface area contributed by atoms with E-state index in [1.807, 2.05) is 24.3 Å². The Bertz CT molecular complexity index is 627. The molecule has 0 heterocycles. The Morgan fingerprint density at radius 1 is 1.09 bits per heavy atom. The summed E-state index contributed by atoms with van der Waals surface area (Å²) in [7, 11) is 1.66. The summed E-state index contributed by atoms with van der Waals surface area (Å²) in [6.45, 7) is 0.729. The Hall–Kier alpha value is -1.49. The minimum Gasteiger partial charge on any atom is -0.497 e. The smallest absolute Gasteiger partial charge is 0.170 e. The molecule has 2 aromatic carbocycles. The average Bonchev–Trinajstić information content (AvgIpc) is 2.47. The fraction of sp³-hybridized carbons (Fsp3) is 0.188. The van der Waals surface area contributed by atoms with E-state index < -0.39 is 0 Å². The number of hydrogen-bond donors (Lipinski definition) is 2. The third-order valence-corrected chi connectivity index (χ3v) is 3.66. The summed E-state index contributed by atoms with van der Waals surface area (Å²) < 4.78 is 5.13. The molecule has 0 aliphatic rings. The van der Waals surface area contributed by atoms with Crippen molar-refractivity contribution in [2.75, 3.05) is 19.0 Å². The lowest BCUT2D eigenvalue weighted by molar-refractivity contribution is 0.414. The van der Waals surface area contributed by atoms with Crippen molar-refractivity contribution in [3.8, 4) is 5.75 Å². The second-order valence-electron chi connectivity index (χ2n) is 4.64. The zero-order valence-electron chi connectivity index (χ0n) is 12.0. The number of nitrogens with one attached hydrogen (secondary N) is 2. The zero-order chi connectivity index (χ0) is 15.9. The summed E-state index contributed by atoms with van der Waals surface area (Å²) in [5.74, 6) is 0.853. The monoisotopic (exact) mass is 354 g/mol. The van der Waals surface area contributed by atoms with Crippen LogP contribution in [0.25, 0.3) is 0 Å². The first-order chi connectivity index (χ1) is 10.6. The number of methoxy groups -OCH3 is 1. The van der Waals surface area contributed by atoms with Gasteiger partial charge in [-0.2, -0.15) is 0 Å². The molecule has 0 aliphatic heterocycles. The molecule has 116 valence electrons. The molecule has 0 saturated carbocycles. The summed E-state index contributed by atoms with van der Waals surface area (Å²) in [6, 6.07) is 13.2. The van der Waals surface area contributed by atoms with Crippen molar-refractivity contribution in [3.05, 3.63) is 58.1 Å². The second kappa shape index (κ2) is 8.22. The SMILES string of the molecule is COc1ccc(CCNC(=S)Nc2cc(Cl)cc(Cl)c2)cc1. The third-order valence-electron chi connectivity index (χ3n) is 2.98. The van der Waals surface area contributed by atoms with Crippen LogP contribution < -0.4 is 15.4 Å². The molecular formula is C16H16Cl2N2OS. The van der Waals surface area contributed by atoms with Gasteiger partial charge < -0.3 is 15.4 Å². The lowest BCUT2D eigenvalue weighted by atomic mass is 10.1. The molecule has 0 bridgehead atoms. The van der Waals surface area contributed by atoms with Crippen LogP contribution in [-0.2, 0) is 6.42 Å². The molecule has 3 nitrogen and oxygen atoms in total. The lowest BCUT2D eigenvalue weighted by Gasteiger charge is -2.11. The first-order valence-corrected chi connectivity index (χ1v) is 7.87. The van der Waals surface area contributed by atoms with Gasteiger partial charge in [0.05, 0.1) is 7.11 Å². The first-order valence-electron chi connectivity index (χ1n) is 6.70. The summed E-state index contributed by atoms with van der Waals surface area (Å²) in [5, 5.41) is 7.88. The van der Waals surface area contributed by atoms with Gasteiger partial charge in [-0.25, -0.2) is 0 Å². The van der Waals surface area contributed by atoms with Crippen molar-refractivity contribution in [1.29, 1.82) is 0 Å². The molecule has 0 aromatic heterocycles. The van der Waals surface area contributed by atoms with Crippen molar-refractivity contribution < 1.29 is 4.74 Å². The van der Waals surface area contributed by atoms with Gasteiger partial charge in [0.1, 0.15) is 5.75 Å². The molecule has 0 radical (unpaired) electrons. The number of rotatable bonds is 5. The van der Waals surface area contributed by atoms with Crippen LogP contribution in [0.1, 0.15) is 5.56 Å². The predicted molar refractivity (Wildman–Crippen MR) is 97.4 cm³/mol. The van der Waals surface area contributed by atoms with E-state index in [-0.39, 0.29) is 0 Å². The fourth-order valence-electron chi connectivity index (χ4n) is 1.91. The Balaban J connectivity index is 1.79. The van der Waals surface area contributed by atoms with Gasteiger partial charge in [0.15, 0.2) is 5.11 Å². The minimum atomic E-state index is 0.534. The van der Waals surface area contributed by atoms with E-state index in [0.29, 0.717) is 15.2 Å². The Kier molecular flexibility index (Phi) is 6.31. The van der Waals surface area contributed by atoms with E-state index in [9.17, 15) is 0 Å². The van der Waals surface area contributed by atoms with Crippen LogP contribution in [0, 0.1) is 0 Å². The molecule has 6 heteroatoms. The molecule has 0 aliphatic carbocycles. The minimum absolute atomic E-state index is 0.534. The largest absolute Gasteiger partial charge is 0.497 e. The Morgan fingerprint density at radius 2 is 1.73 bits per heavy atom. The van der Waals surface area contributed by atoms with Gasteiger partial charge in [-0.1, -0.05) is 35.3 Å². The van der Waals surface area contributed by atoms with Gasteiger partial charge in [-0.3, -0.25) is 0 Å². The van der Waals surface area contributed by atoms with Crippen LogP contribution in [0.3, 0.4) is 0 Å².